The van der Waals surface area contributed by atoms with Crippen molar-refractivity contribution in [3.05, 3.63) is 23.7 Å². The molecule has 1 unspecified atom stereocenters. The van der Waals surface area contributed by atoms with E-state index in [1.54, 1.807) is 0 Å². The van der Waals surface area contributed by atoms with E-state index in [0.29, 0.717) is 11.5 Å². The van der Waals surface area contributed by atoms with Crippen LogP contribution in [-0.4, -0.2) is 6.54 Å². The summed E-state index contributed by atoms with van der Waals surface area (Å²) in [6.07, 6.45) is 7.84. The molecule has 0 bridgehead atoms. The van der Waals surface area contributed by atoms with Crippen molar-refractivity contribution in [2.75, 3.05) is 6.54 Å². The van der Waals surface area contributed by atoms with Crippen molar-refractivity contribution in [2.24, 2.45) is 5.41 Å². The first-order valence-electron chi connectivity index (χ1n) is 7.51. The van der Waals surface area contributed by atoms with Gasteiger partial charge in [-0.3, -0.25) is 0 Å². The van der Waals surface area contributed by atoms with Crippen LogP contribution in [0.25, 0.3) is 0 Å². The maximum atomic E-state index is 5.92. The van der Waals surface area contributed by atoms with E-state index in [2.05, 4.69) is 31.3 Å². The van der Waals surface area contributed by atoms with Crippen LogP contribution in [0.15, 0.2) is 16.5 Å². The van der Waals surface area contributed by atoms with E-state index in [1.165, 1.54) is 38.5 Å². The predicted molar refractivity (Wildman–Crippen MR) is 75.7 cm³/mol. The second-order valence-electron chi connectivity index (χ2n) is 5.76. The molecule has 1 aliphatic rings. The highest BCUT2D eigenvalue weighted by atomic mass is 16.3. The van der Waals surface area contributed by atoms with Gasteiger partial charge in [0.2, 0.25) is 0 Å². The molecule has 1 aromatic rings. The smallest absolute Gasteiger partial charge is 0.121 e. The highest BCUT2D eigenvalue weighted by Gasteiger charge is 2.41. The first-order valence-corrected chi connectivity index (χ1v) is 7.51. The number of aryl methyl sites for hydroxylation is 1. The molecule has 2 nitrogen and oxygen atoms in total. The largest absolute Gasteiger partial charge is 0.465 e. The number of furan rings is 1. The maximum Gasteiger partial charge on any atom is 0.121 e. The minimum atomic E-state index is 0.402. The van der Waals surface area contributed by atoms with Gasteiger partial charge in [-0.2, -0.15) is 0 Å². The lowest BCUT2D eigenvalue weighted by atomic mass is 9.75. The molecule has 0 spiro atoms. The Labute approximate surface area is 111 Å². The Hall–Kier alpha value is -0.760. The molecule has 2 rings (SSSR count). The molecule has 2 heteroatoms. The van der Waals surface area contributed by atoms with Crippen molar-refractivity contribution >= 4 is 0 Å². The average Bonchev–Trinajstić information content (AvgIpc) is 3.00. The Morgan fingerprint density at radius 2 is 2.00 bits per heavy atom. The van der Waals surface area contributed by atoms with Crippen molar-refractivity contribution < 1.29 is 4.42 Å². The first kappa shape index (κ1) is 13.7. The number of hydrogen-bond acceptors (Lipinski definition) is 2. The molecule has 1 atom stereocenters. The summed E-state index contributed by atoms with van der Waals surface area (Å²) in [5.74, 6) is 2.17. The Morgan fingerprint density at radius 1 is 1.28 bits per heavy atom. The fourth-order valence-electron chi connectivity index (χ4n) is 3.44. The van der Waals surface area contributed by atoms with Gasteiger partial charge < -0.3 is 9.73 Å². The molecule has 0 amide bonds. The summed E-state index contributed by atoms with van der Waals surface area (Å²) >= 11 is 0. The van der Waals surface area contributed by atoms with Gasteiger partial charge in [-0.05, 0) is 56.7 Å². The van der Waals surface area contributed by atoms with Crippen LogP contribution in [0, 0.1) is 12.3 Å². The number of hydrogen-bond donors (Lipinski definition) is 1. The topological polar surface area (TPSA) is 25.2 Å². The molecular formula is C16H27NO. The highest BCUT2D eigenvalue weighted by molar-refractivity contribution is 5.14. The molecule has 102 valence electrons. The minimum Gasteiger partial charge on any atom is -0.465 e. The molecule has 1 aliphatic carbocycles. The first-order chi connectivity index (χ1) is 8.72. The van der Waals surface area contributed by atoms with E-state index >= 15 is 0 Å². The summed E-state index contributed by atoms with van der Waals surface area (Å²) in [4.78, 5) is 0. The maximum absolute atomic E-state index is 5.92. The Kier molecular flexibility index (Phi) is 4.50. The Bertz CT molecular complexity index is 363. The average molecular weight is 249 g/mol. The highest BCUT2D eigenvalue weighted by Crippen LogP contribution is 2.50. The molecule has 0 aromatic carbocycles. The molecule has 0 radical (unpaired) electrons. The van der Waals surface area contributed by atoms with Crippen LogP contribution in [-0.2, 0) is 0 Å². The fourth-order valence-corrected chi connectivity index (χ4v) is 3.44. The van der Waals surface area contributed by atoms with Gasteiger partial charge in [0.1, 0.15) is 11.5 Å². The number of rotatable bonds is 6. The van der Waals surface area contributed by atoms with Crippen LogP contribution in [0.4, 0.5) is 0 Å². The van der Waals surface area contributed by atoms with Crippen LogP contribution < -0.4 is 5.32 Å². The van der Waals surface area contributed by atoms with Gasteiger partial charge in [0.05, 0.1) is 6.04 Å². The second-order valence-corrected chi connectivity index (χ2v) is 5.76. The van der Waals surface area contributed by atoms with E-state index < -0.39 is 0 Å². The molecule has 0 saturated heterocycles. The summed E-state index contributed by atoms with van der Waals surface area (Å²) in [6.45, 7) is 7.67. The second kappa shape index (κ2) is 5.92. The summed E-state index contributed by atoms with van der Waals surface area (Å²) in [5.41, 5.74) is 0.416. The molecular weight excluding hydrogens is 222 g/mol. The Morgan fingerprint density at radius 3 is 2.50 bits per heavy atom. The summed E-state index contributed by atoms with van der Waals surface area (Å²) in [7, 11) is 0. The van der Waals surface area contributed by atoms with Gasteiger partial charge in [-0.15, -0.1) is 0 Å². The quantitative estimate of drug-likeness (QED) is 0.797. The monoisotopic (exact) mass is 249 g/mol. The number of nitrogens with one attached hydrogen (secondary N) is 1. The molecule has 1 aromatic heterocycles. The van der Waals surface area contributed by atoms with Crippen LogP contribution in [0.1, 0.15) is 69.9 Å². The van der Waals surface area contributed by atoms with E-state index in [4.69, 9.17) is 4.42 Å². The van der Waals surface area contributed by atoms with Crippen LogP contribution in [0.3, 0.4) is 0 Å². The zero-order chi connectivity index (χ0) is 13.0. The van der Waals surface area contributed by atoms with Gasteiger partial charge in [-0.25, -0.2) is 0 Å². The van der Waals surface area contributed by atoms with E-state index in [1.807, 2.05) is 6.92 Å². The SMILES string of the molecule is CCCNC(c1ccc(C)o1)C1(CC)CCCC1. The molecule has 18 heavy (non-hydrogen) atoms. The van der Waals surface area contributed by atoms with Gasteiger partial charge in [0.25, 0.3) is 0 Å². The molecule has 1 heterocycles. The molecule has 0 aliphatic heterocycles. The zero-order valence-electron chi connectivity index (χ0n) is 12.1. The van der Waals surface area contributed by atoms with Crippen molar-refractivity contribution in [3.63, 3.8) is 0 Å². The lowest BCUT2D eigenvalue weighted by Gasteiger charge is -2.36. The fraction of sp³-hybridized carbons (Fsp3) is 0.750. The lowest BCUT2D eigenvalue weighted by Crippen LogP contribution is -2.36. The van der Waals surface area contributed by atoms with Crippen LogP contribution >= 0.6 is 0 Å². The molecule has 1 saturated carbocycles. The van der Waals surface area contributed by atoms with Gasteiger partial charge in [-0.1, -0.05) is 26.7 Å². The molecule has 1 fully saturated rings. The third-order valence-corrected chi connectivity index (χ3v) is 4.56. The van der Waals surface area contributed by atoms with Gasteiger partial charge >= 0.3 is 0 Å². The standard InChI is InChI=1S/C16H27NO/c1-4-12-17-15(14-9-8-13(3)18-14)16(5-2)10-6-7-11-16/h8-9,15,17H,4-7,10-12H2,1-3H3. The zero-order valence-corrected chi connectivity index (χ0v) is 12.1. The van der Waals surface area contributed by atoms with E-state index in [-0.39, 0.29) is 0 Å². The van der Waals surface area contributed by atoms with Crippen molar-refractivity contribution in [1.29, 1.82) is 0 Å². The van der Waals surface area contributed by atoms with E-state index in [9.17, 15) is 0 Å². The van der Waals surface area contributed by atoms with Crippen molar-refractivity contribution in [3.8, 4) is 0 Å². The lowest BCUT2D eigenvalue weighted by molar-refractivity contribution is 0.164. The minimum absolute atomic E-state index is 0.402. The van der Waals surface area contributed by atoms with E-state index in [0.717, 1.165) is 18.1 Å². The molecule has 1 N–H and O–H groups in total. The van der Waals surface area contributed by atoms with Gasteiger partial charge in [0.15, 0.2) is 0 Å². The van der Waals surface area contributed by atoms with Crippen LogP contribution in [0.5, 0.6) is 0 Å². The predicted octanol–water partition coefficient (Wildman–Crippen LogP) is 4.60. The van der Waals surface area contributed by atoms with Gasteiger partial charge in [0, 0.05) is 0 Å². The van der Waals surface area contributed by atoms with Crippen LogP contribution in [0.2, 0.25) is 0 Å². The summed E-state index contributed by atoms with van der Waals surface area (Å²) in [6, 6.07) is 4.66. The Balaban J connectivity index is 2.23. The normalized spacial score (nSPS) is 20.2. The third kappa shape index (κ3) is 2.64. The summed E-state index contributed by atoms with van der Waals surface area (Å²) < 4.78 is 5.92. The van der Waals surface area contributed by atoms with Crippen molar-refractivity contribution in [2.45, 2.75) is 65.3 Å². The third-order valence-electron chi connectivity index (χ3n) is 4.56. The van der Waals surface area contributed by atoms with Crippen molar-refractivity contribution in [1.82, 2.24) is 5.32 Å². The summed E-state index contributed by atoms with van der Waals surface area (Å²) in [5, 5.41) is 3.74.